The van der Waals surface area contributed by atoms with Gasteiger partial charge in [-0.05, 0) is 23.1 Å². The zero-order chi connectivity index (χ0) is 14.0. The van der Waals surface area contributed by atoms with Crippen LogP contribution in [0.4, 0.5) is 0 Å². The number of hydrogen-bond donors (Lipinski definition) is 1. The van der Waals surface area contributed by atoms with Crippen molar-refractivity contribution >= 4 is 10.8 Å². The van der Waals surface area contributed by atoms with Gasteiger partial charge < -0.3 is 5.11 Å². The van der Waals surface area contributed by atoms with Crippen LogP contribution in [0.15, 0.2) is 36.7 Å². The maximum Gasteiger partial charge on any atom is 0.0813 e. The second-order valence-corrected chi connectivity index (χ2v) is 6.47. The molecule has 2 atom stereocenters. The Morgan fingerprint density at radius 1 is 1.16 bits per heavy atom. The summed E-state index contributed by atoms with van der Waals surface area (Å²) in [7, 11) is 0. The van der Waals surface area contributed by atoms with Crippen LogP contribution in [0.2, 0.25) is 0 Å². The molecular weight excluding hydrogens is 234 g/mol. The molecule has 2 heteroatoms. The zero-order valence-corrected chi connectivity index (χ0v) is 12.2. The summed E-state index contributed by atoms with van der Waals surface area (Å²) in [5.74, 6) is 0.446. The molecule has 0 radical (unpaired) electrons. The van der Waals surface area contributed by atoms with Crippen molar-refractivity contribution in [2.45, 2.75) is 40.2 Å². The van der Waals surface area contributed by atoms with E-state index in [4.69, 9.17) is 0 Å². The Bertz CT molecular complexity index is 551. The molecular formula is C17H23NO. The fourth-order valence-corrected chi connectivity index (χ4v) is 2.22. The van der Waals surface area contributed by atoms with Gasteiger partial charge in [-0.25, -0.2) is 0 Å². The van der Waals surface area contributed by atoms with Crippen molar-refractivity contribution in [1.82, 2.24) is 4.98 Å². The Labute approximate surface area is 115 Å². The van der Waals surface area contributed by atoms with E-state index in [2.05, 4.69) is 38.7 Å². The maximum atomic E-state index is 10.5. The van der Waals surface area contributed by atoms with Crippen molar-refractivity contribution in [2.24, 2.45) is 11.3 Å². The number of hydrogen-bond acceptors (Lipinski definition) is 2. The predicted molar refractivity (Wildman–Crippen MR) is 79.9 cm³/mol. The minimum atomic E-state index is -0.451. The Balaban J connectivity index is 2.29. The number of aromatic nitrogens is 1. The largest absolute Gasteiger partial charge is 0.388 e. The van der Waals surface area contributed by atoms with E-state index in [1.807, 2.05) is 24.4 Å². The number of benzene rings is 1. The summed E-state index contributed by atoms with van der Waals surface area (Å²) < 4.78 is 0. The third-order valence-electron chi connectivity index (χ3n) is 4.11. The smallest absolute Gasteiger partial charge is 0.0813 e. The van der Waals surface area contributed by atoms with Gasteiger partial charge in [-0.1, -0.05) is 52.0 Å². The average molecular weight is 257 g/mol. The number of pyridine rings is 1. The summed E-state index contributed by atoms with van der Waals surface area (Å²) in [6.45, 7) is 8.84. The maximum absolute atomic E-state index is 10.5. The van der Waals surface area contributed by atoms with E-state index in [0.717, 1.165) is 22.8 Å². The molecule has 0 amide bonds. The molecule has 19 heavy (non-hydrogen) atoms. The molecule has 0 saturated heterocycles. The molecule has 2 nitrogen and oxygen atoms in total. The summed E-state index contributed by atoms with van der Waals surface area (Å²) in [5.41, 5.74) is 1.15. The molecule has 0 aliphatic rings. The average Bonchev–Trinajstić information content (AvgIpc) is 2.36. The lowest BCUT2D eigenvalue weighted by molar-refractivity contribution is 0.111. The van der Waals surface area contributed by atoms with Crippen LogP contribution in [0.1, 0.15) is 45.8 Å². The molecule has 0 spiro atoms. The summed E-state index contributed by atoms with van der Waals surface area (Å²) in [6, 6.07) is 8.09. The Morgan fingerprint density at radius 3 is 2.53 bits per heavy atom. The van der Waals surface area contributed by atoms with Gasteiger partial charge in [-0.15, -0.1) is 0 Å². The van der Waals surface area contributed by atoms with Crippen LogP contribution >= 0.6 is 0 Å². The fraction of sp³-hybridized carbons (Fsp3) is 0.471. The van der Waals surface area contributed by atoms with Gasteiger partial charge in [0.1, 0.15) is 0 Å². The lowest BCUT2D eigenvalue weighted by Crippen LogP contribution is -2.20. The molecule has 1 heterocycles. The molecule has 0 fully saturated rings. The van der Waals surface area contributed by atoms with E-state index >= 15 is 0 Å². The number of fused-ring (bicyclic) bond motifs is 1. The van der Waals surface area contributed by atoms with Crippen molar-refractivity contribution in [2.75, 3.05) is 0 Å². The third kappa shape index (κ3) is 3.13. The van der Waals surface area contributed by atoms with Gasteiger partial charge in [-0.2, -0.15) is 0 Å². The number of aliphatic hydroxyl groups is 1. The lowest BCUT2D eigenvalue weighted by atomic mass is 9.78. The lowest BCUT2D eigenvalue weighted by Gasteiger charge is -2.29. The first-order valence-electron chi connectivity index (χ1n) is 6.90. The molecule has 0 aliphatic heterocycles. The Kier molecular flexibility index (Phi) is 3.91. The van der Waals surface area contributed by atoms with E-state index in [0.29, 0.717) is 5.92 Å². The molecule has 102 valence electrons. The third-order valence-corrected chi connectivity index (χ3v) is 4.11. The second kappa shape index (κ2) is 5.30. The summed E-state index contributed by atoms with van der Waals surface area (Å²) >= 11 is 0. The summed E-state index contributed by atoms with van der Waals surface area (Å²) in [5, 5.41) is 12.7. The summed E-state index contributed by atoms with van der Waals surface area (Å²) in [4.78, 5) is 4.24. The van der Waals surface area contributed by atoms with Crippen molar-refractivity contribution in [3.05, 3.63) is 42.2 Å². The van der Waals surface area contributed by atoms with E-state index in [-0.39, 0.29) is 5.41 Å². The highest BCUT2D eigenvalue weighted by Crippen LogP contribution is 2.34. The number of nitrogens with zero attached hydrogens (tertiary/aromatic N) is 1. The van der Waals surface area contributed by atoms with Crippen molar-refractivity contribution < 1.29 is 5.11 Å². The molecule has 2 rings (SSSR count). The van der Waals surface area contributed by atoms with Crippen LogP contribution in [0.5, 0.6) is 0 Å². The van der Waals surface area contributed by atoms with Gasteiger partial charge in [0.15, 0.2) is 0 Å². The van der Waals surface area contributed by atoms with Crippen LogP contribution in [0, 0.1) is 11.3 Å². The quantitative estimate of drug-likeness (QED) is 0.887. The van der Waals surface area contributed by atoms with Crippen LogP contribution in [0.25, 0.3) is 10.8 Å². The molecule has 0 bridgehead atoms. The molecule has 2 unspecified atom stereocenters. The van der Waals surface area contributed by atoms with E-state index in [9.17, 15) is 5.11 Å². The molecule has 1 aromatic heterocycles. The number of rotatable bonds is 3. The monoisotopic (exact) mass is 257 g/mol. The number of aliphatic hydroxyl groups excluding tert-OH is 1. The minimum Gasteiger partial charge on any atom is -0.388 e. The van der Waals surface area contributed by atoms with Crippen molar-refractivity contribution in [1.29, 1.82) is 0 Å². The van der Waals surface area contributed by atoms with Crippen LogP contribution in [-0.4, -0.2) is 10.1 Å². The Morgan fingerprint density at radius 2 is 1.84 bits per heavy atom. The molecule has 0 saturated carbocycles. The van der Waals surface area contributed by atoms with Crippen LogP contribution in [0.3, 0.4) is 0 Å². The highest BCUT2D eigenvalue weighted by atomic mass is 16.3. The highest BCUT2D eigenvalue weighted by molar-refractivity contribution is 5.84. The van der Waals surface area contributed by atoms with Gasteiger partial charge >= 0.3 is 0 Å². The molecule has 0 aliphatic carbocycles. The fourth-order valence-electron chi connectivity index (χ4n) is 2.22. The van der Waals surface area contributed by atoms with Gasteiger partial charge in [0.2, 0.25) is 0 Å². The van der Waals surface area contributed by atoms with Crippen molar-refractivity contribution in [3.63, 3.8) is 0 Å². The van der Waals surface area contributed by atoms with Crippen molar-refractivity contribution in [3.8, 4) is 0 Å². The normalized spacial score (nSPS) is 15.4. The van der Waals surface area contributed by atoms with Gasteiger partial charge in [-0.3, -0.25) is 4.98 Å². The SMILES string of the molecule is CC(CC(O)c1cncc2ccccc12)C(C)(C)C. The first-order chi connectivity index (χ1) is 8.89. The topological polar surface area (TPSA) is 33.1 Å². The van der Waals surface area contributed by atoms with E-state index in [1.165, 1.54) is 0 Å². The standard InChI is InChI=1S/C17H23NO/c1-12(17(2,3)4)9-16(19)15-11-18-10-13-7-5-6-8-14(13)15/h5-8,10-12,16,19H,9H2,1-4H3. The first kappa shape index (κ1) is 14.0. The van der Waals surface area contributed by atoms with Gasteiger partial charge in [0, 0.05) is 23.3 Å². The van der Waals surface area contributed by atoms with Crippen LogP contribution in [-0.2, 0) is 0 Å². The first-order valence-corrected chi connectivity index (χ1v) is 6.90. The van der Waals surface area contributed by atoms with Gasteiger partial charge in [0.05, 0.1) is 6.10 Å². The predicted octanol–water partition coefficient (Wildman–Crippen LogP) is 4.34. The highest BCUT2D eigenvalue weighted by Gasteiger charge is 2.24. The molecule has 1 N–H and O–H groups in total. The van der Waals surface area contributed by atoms with E-state index in [1.54, 1.807) is 6.20 Å². The van der Waals surface area contributed by atoms with E-state index < -0.39 is 6.10 Å². The van der Waals surface area contributed by atoms with Gasteiger partial charge in [0.25, 0.3) is 0 Å². The van der Waals surface area contributed by atoms with Crippen LogP contribution < -0.4 is 0 Å². The molecule has 2 aromatic rings. The minimum absolute atomic E-state index is 0.207. The zero-order valence-electron chi connectivity index (χ0n) is 12.2. The molecule has 1 aromatic carbocycles. The summed E-state index contributed by atoms with van der Waals surface area (Å²) in [6.07, 6.45) is 3.95. The Hall–Kier alpha value is -1.41. The second-order valence-electron chi connectivity index (χ2n) is 6.47.